The molecule has 4 nitrogen and oxygen atoms in total. The number of pyridine rings is 1. The Morgan fingerprint density at radius 1 is 1.71 bits per heavy atom. The molecule has 1 aromatic heterocycles. The van der Waals surface area contributed by atoms with E-state index in [9.17, 15) is 4.21 Å². The van der Waals surface area contributed by atoms with Gasteiger partial charge in [0.05, 0.1) is 17.6 Å². The van der Waals surface area contributed by atoms with Gasteiger partial charge in [-0.05, 0) is 13.0 Å². The maximum absolute atomic E-state index is 11.0. The minimum Gasteiger partial charge on any atom is -0.396 e. The van der Waals surface area contributed by atoms with Gasteiger partial charge in [-0.2, -0.15) is 0 Å². The first-order chi connectivity index (χ1) is 6.59. The Hall–Kier alpha value is -1.10. The number of aromatic nitrogens is 1. The molecule has 0 fully saturated rings. The van der Waals surface area contributed by atoms with Crippen molar-refractivity contribution in [1.82, 2.24) is 4.98 Å². The van der Waals surface area contributed by atoms with Crippen molar-refractivity contribution in [1.29, 1.82) is 0 Å². The van der Waals surface area contributed by atoms with E-state index in [4.69, 9.17) is 5.73 Å². The number of hydrogen-bond donors (Lipinski definition) is 2. The van der Waals surface area contributed by atoms with Gasteiger partial charge in [0.15, 0.2) is 0 Å². The summed E-state index contributed by atoms with van der Waals surface area (Å²) in [5, 5.41) is 3.18. The monoisotopic (exact) mass is 213 g/mol. The summed E-state index contributed by atoms with van der Waals surface area (Å²) < 4.78 is 11.0. The van der Waals surface area contributed by atoms with E-state index in [1.165, 1.54) is 0 Å². The minimum absolute atomic E-state index is 0.144. The van der Waals surface area contributed by atoms with E-state index in [1.807, 2.05) is 13.0 Å². The maximum Gasteiger partial charge on any atom is 0.0736 e. The quantitative estimate of drug-likeness (QED) is 0.778. The molecule has 1 aromatic rings. The SMILES string of the molecule is CC(CS(C)=O)Nc1ccncc1N. The Kier molecular flexibility index (Phi) is 3.88. The van der Waals surface area contributed by atoms with Gasteiger partial charge < -0.3 is 11.1 Å². The van der Waals surface area contributed by atoms with Gasteiger partial charge in [0.25, 0.3) is 0 Å². The third kappa shape index (κ3) is 3.33. The summed E-state index contributed by atoms with van der Waals surface area (Å²) in [5.41, 5.74) is 7.16. The first kappa shape index (κ1) is 11.0. The lowest BCUT2D eigenvalue weighted by molar-refractivity contribution is 0.683. The standard InChI is InChI=1S/C9H15N3OS/c1-7(6-14(2)13)12-9-3-4-11-5-8(9)10/h3-5,7H,6,10H2,1-2H3,(H,11,12). The molecule has 0 saturated carbocycles. The van der Waals surface area contributed by atoms with Crippen LogP contribution in [0.15, 0.2) is 18.5 Å². The molecular formula is C9H15N3OS. The van der Waals surface area contributed by atoms with Crippen LogP contribution in [0.2, 0.25) is 0 Å². The highest BCUT2D eigenvalue weighted by Gasteiger charge is 2.05. The van der Waals surface area contributed by atoms with Gasteiger partial charge in [-0.15, -0.1) is 0 Å². The van der Waals surface area contributed by atoms with Crippen LogP contribution >= 0.6 is 0 Å². The average Bonchev–Trinajstić information content (AvgIpc) is 2.07. The van der Waals surface area contributed by atoms with Gasteiger partial charge in [-0.1, -0.05) is 0 Å². The Balaban J connectivity index is 2.60. The maximum atomic E-state index is 11.0. The molecule has 0 spiro atoms. The molecule has 0 radical (unpaired) electrons. The Morgan fingerprint density at radius 2 is 2.43 bits per heavy atom. The van der Waals surface area contributed by atoms with Gasteiger partial charge in [0, 0.05) is 35.0 Å². The van der Waals surface area contributed by atoms with Crippen LogP contribution in [0.4, 0.5) is 11.4 Å². The third-order valence-corrected chi connectivity index (χ3v) is 2.71. The molecule has 78 valence electrons. The molecule has 0 aliphatic rings. The van der Waals surface area contributed by atoms with Gasteiger partial charge in [0.1, 0.15) is 0 Å². The van der Waals surface area contributed by atoms with Crippen LogP contribution in [0.5, 0.6) is 0 Å². The number of nitrogen functional groups attached to an aromatic ring is 1. The summed E-state index contributed by atoms with van der Waals surface area (Å²) in [4.78, 5) is 3.89. The topological polar surface area (TPSA) is 68.0 Å². The fourth-order valence-electron chi connectivity index (χ4n) is 1.20. The number of hydrogen-bond acceptors (Lipinski definition) is 4. The van der Waals surface area contributed by atoms with Crippen molar-refractivity contribution < 1.29 is 4.21 Å². The number of nitrogens with two attached hydrogens (primary N) is 1. The van der Waals surface area contributed by atoms with Crippen LogP contribution in [0, 0.1) is 0 Å². The normalized spacial score (nSPS) is 14.7. The highest BCUT2D eigenvalue weighted by atomic mass is 32.2. The summed E-state index contributed by atoms with van der Waals surface area (Å²) in [5.74, 6) is 0.613. The number of rotatable bonds is 4. The predicted octanol–water partition coefficient (Wildman–Crippen LogP) is 0.843. The molecule has 1 heterocycles. The molecule has 0 aliphatic carbocycles. The predicted molar refractivity (Wildman–Crippen MR) is 60.7 cm³/mol. The number of nitrogens with one attached hydrogen (secondary N) is 1. The summed E-state index contributed by atoms with van der Waals surface area (Å²) in [6.07, 6.45) is 4.96. The van der Waals surface area contributed by atoms with E-state index >= 15 is 0 Å². The molecule has 5 heteroatoms. The van der Waals surface area contributed by atoms with Crippen molar-refractivity contribution in [3.63, 3.8) is 0 Å². The molecular weight excluding hydrogens is 198 g/mol. The van der Waals surface area contributed by atoms with Crippen molar-refractivity contribution in [3.05, 3.63) is 18.5 Å². The molecule has 0 amide bonds. The molecule has 0 saturated heterocycles. The van der Waals surface area contributed by atoms with Crippen molar-refractivity contribution in [3.8, 4) is 0 Å². The second kappa shape index (κ2) is 4.95. The van der Waals surface area contributed by atoms with Crippen molar-refractivity contribution in [2.75, 3.05) is 23.1 Å². The highest BCUT2D eigenvalue weighted by Crippen LogP contribution is 2.16. The third-order valence-electron chi connectivity index (χ3n) is 1.74. The van der Waals surface area contributed by atoms with E-state index in [2.05, 4.69) is 10.3 Å². The van der Waals surface area contributed by atoms with Gasteiger partial charge in [-0.3, -0.25) is 9.19 Å². The zero-order valence-electron chi connectivity index (χ0n) is 8.36. The molecule has 14 heavy (non-hydrogen) atoms. The van der Waals surface area contributed by atoms with E-state index in [0.717, 1.165) is 5.69 Å². The lowest BCUT2D eigenvalue weighted by atomic mass is 10.3. The number of nitrogens with zero attached hydrogens (tertiary/aromatic N) is 1. The van der Waals surface area contributed by atoms with Crippen molar-refractivity contribution >= 4 is 22.2 Å². The van der Waals surface area contributed by atoms with E-state index in [1.54, 1.807) is 18.6 Å². The van der Waals surface area contributed by atoms with E-state index in [-0.39, 0.29) is 6.04 Å². The Bertz CT molecular complexity index is 330. The fourth-order valence-corrected chi connectivity index (χ4v) is 1.98. The second-order valence-electron chi connectivity index (χ2n) is 3.25. The molecule has 3 N–H and O–H groups in total. The van der Waals surface area contributed by atoms with Gasteiger partial charge in [0.2, 0.25) is 0 Å². The second-order valence-corrected chi connectivity index (χ2v) is 4.73. The molecule has 0 aliphatic heterocycles. The summed E-state index contributed by atoms with van der Waals surface area (Å²) in [7, 11) is -0.795. The first-order valence-electron chi connectivity index (χ1n) is 4.35. The highest BCUT2D eigenvalue weighted by molar-refractivity contribution is 7.84. The fraction of sp³-hybridized carbons (Fsp3) is 0.444. The number of anilines is 2. The molecule has 2 unspecified atom stereocenters. The zero-order chi connectivity index (χ0) is 10.6. The smallest absolute Gasteiger partial charge is 0.0736 e. The summed E-state index contributed by atoms with van der Waals surface area (Å²) in [6.45, 7) is 1.97. The van der Waals surface area contributed by atoms with Crippen LogP contribution in [-0.4, -0.2) is 27.2 Å². The van der Waals surface area contributed by atoms with E-state index < -0.39 is 10.8 Å². The Labute approximate surface area is 86.4 Å². The van der Waals surface area contributed by atoms with Gasteiger partial charge in [-0.25, -0.2) is 0 Å². The average molecular weight is 213 g/mol. The largest absolute Gasteiger partial charge is 0.396 e. The zero-order valence-corrected chi connectivity index (χ0v) is 9.17. The molecule has 2 atom stereocenters. The van der Waals surface area contributed by atoms with Crippen LogP contribution in [-0.2, 0) is 10.8 Å². The lowest BCUT2D eigenvalue weighted by Crippen LogP contribution is -2.22. The van der Waals surface area contributed by atoms with Crippen LogP contribution < -0.4 is 11.1 Å². The van der Waals surface area contributed by atoms with Crippen molar-refractivity contribution in [2.24, 2.45) is 0 Å². The molecule has 0 bridgehead atoms. The van der Waals surface area contributed by atoms with Crippen LogP contribution in [0.1, 0.15) is 6.92 Å². The molecule has 0 aromatic carbocycles. The lowest BCUT2D eigenvalue weighted by Gasteiger charge is -2.14. The van der Waals surface area contributed by atoms with Crippen LogP contribution in [0.25, 0.3) is 0 Å². The van der Waals surface area contributed by atoms with E-state index in [0.29, 0.717) is 11.4 Å². The minimum atomic E-state index is -0.795. The van der Waals surface area contributed by atoms with Crippen molar-refractivity contribution in [2.45, 2.75) is 13.0 Å². The molecule has 1 rings (SSSR count). The summed E-state index contributed by atoms with van der Waals surface area (Å²) in [6, 6.07) is 1.95. The van der Waals surface area contributed by atoms with Crippen LogP contribution in [0.3, 0.4) is 0 Å². The summed E-state index contributed by atoms with van der Waals surface area (Å²) >= 11 is 0. The first-order valence-corrected chi connectivity index (χ1v) is 6.08. The Morgan fingerprint density at radius 3 is 3.00 bits per heavy atom. The van der Waals surface area contributed by atoms with Gasteiger partial charge >= 0.3 is 0 Å².